The number of aliphatic carboxylic acids is 1. The fourth-order valence-electron chi connectivity index (χ4n) is 4.21. The van der Waals surface area contributed by atoms with Gasteiger partial charge in [-0.3, -0.25) is 10.1 Å². The number of anilines is 1. The number of carbonyl (C=O) groups is 2. The quantitative estimate of drug-likeness (QED) is 0.179. The number of hydrogen-bond acceptors (Lipinski definition) is 10. The van der Waals surface area contributed by atoms with Crippen LogP contribution in [0.5, 0.6) is 0 Å². The molecule has 6 rings (SSSR count). The number of thiophene rings is 2. The average molecular weight is 603 g/mol. The van der Waals surface area contributed by atoms with Crippen LogP contribution in [0.15, 0.2) is 71.1 Å². The van der Waals surface area contributed by atoms with Crippen LogP contribution in [-0.2, 0) is 16.0 Å². The lowest BCUT2D eigenvalue weighted by molar-refractivity contribution is -0.136. The molecule has 0 radical (unpaired) electrons. The molecule has 0 unspecified atom stereocenters. The Morgan fingerprint density at radius 2 is 1.66 bits per heavy atom. The lowest BCUT2D eigenvalue weighted by Crippen LogP contribution is -2.16. The molecule has 9 nitrogen and oxygen atoms in total. The van der Waals surface area contributed by atoms with Crippen molar-refractivity contribution in [3.8, 4) is 31.6 Å². The molecule has 0 bridgehead atoms. The summed E-state index contributed by atoms with van der Waals surface area (Å²) >= 11 is 4.68. The van der Waals surface area contributed by atoms with E-state index in [1.165, 1.54) is 11.5 Å². The molecular weight excluding hydrogens is 581 g/mol. The van der Waals surface area contributed by atoms with Crippen molar-refractivity contribution >= 4 is 61.4 Å². The third kappa shape index (κ3) is 5.75. The third-order valence-electron chi connectivity index (χ3n) is 6.26. The molecule has 0 aliphatic carbocycles. The molecule has 0 saturated heterocycles. The van der Waals surface area contributed by atoms with Crippen molar-refractivity contribution in [1.82, 2.24) is 14.6 Å². The molecule has 0 aliphatic heterocycles. The molecule has 0 saturated carbocycles. The summed E-state index contributed by atoms with van der Waals surface area (Å²) in [5.74, 6) is -0.670. The zero-order valence-electron chi connectivity index (χ0n) is 21.8. The van der Waals surface area contributed by atoms with Crippen LogP contribution >= 0.6 is 34.2 Å². The van der Waals surface area contributed by atoms with Gasteiger partial charge in [-0.2, -0.15) is 4.37 Å². The van der Waals surface area contributed by atoms with Crippen LogP contribution < -0.4 is 5.32 Å². The van der Waals surface area contributed by atoms with Crippen LogP contribution in [0.3, 0.4) is 0 Å². The Morgan fingerprint density at radius 3 is 2.39 bits per heavy atom. The number of nitrogens with zero attached hydrogens (tertiary/aromatic N) is 3. The molecule has 4 aromatic heterocycles. The normalized spacial score (nSPS) is 12.0. The number of nitrogens with one attached hydrogen (secondary N) is 1. The Balaban J connectivity index is 1.17. The van der Waals surface area contributed by atoms with Crippen LogP contribution in [0.4, 0.5) is 10.5 Å². The van der Waals surface area contributed by atoms with Gasteiger partial charge in [0, 0.05) is 19.8 Å². The molecule has 41 heavy (non-hydrogen) atoms. The van der Waals surface area contributed by atoms with Gasteiger partial charge in [0.2, 0.25) is 11.8 Å². The minimum Gasteiger partial charge on any atom is -0.481 e. The summed E-state index contributed by atoms with van der Waals surface area (Å²) in [5.41, 5.74) is 4.09. The van der Waals surface area contributed by atoms with E-state index in [9.17, 15) is 9.59 Å². The number of amides is 1. The molecule has 2 aromatic carbocycles. The minimum atomic E-state index is -1.02. The number of benzene rings is 2. The van der Waals surface area contributed by atoms with Gasteiger partial charge >= 0.3 is 12.1 Å². The van der Waals surface area contributed by atoms with Gasteiger partial charge in [0.15, 0.2) is 0 Å². The third-order valence-corrected chi connectivity index (χ3v) is 9.72. The van der Waals surface area contributed by atoms with Crippen molar-refractivity contribution in [3.63, 3.8) is 0 Å². The summed E-state index contributed by atoms with van der Waals surface area (Å²) < 4.78 is 17.8. The number of aromatic nitrogens is 3. The number of carbonyl (C=O) groups excluding carboxylic acids is 1. The molecule has 0 fully saturated rings. The number of hydrogen-bond donors (Lipinski definition) is 2. The second-order valence-corrected chi connectivity index (χ2v) is 12.1. The first kappa shape index (κ1) is 26.8. The van der Waals surface area contributed by atoms with Gasteiger partial charge in [0.1, 0.15) is 12.5 Å². The van der Waals surface area contributed by atoms with Gasteiger partial charge in [-0.25, -0.2) is 4.79 Å². The smallest absolute Gasteiger partial charge is 0.412 e. The molecule has 0 aliphatic rings. The van der Waals surface area contributed by atoms with E-state index in [0.717, 1.165) is 46.4 Å². The van der Waals surface area contributed by atoms with E-state index < -0.39 is 12.1 Å². The molecule has 4 heterocycles. The fraction of sp³-hybridized carbons (Fsp3) is 0.138. The first-order valence-electron chi connectivity index (χ1n) is 12.5. The summed E-state index contributed by atoms with van der Waals surface area (Å²) in [6, 6.07) is 21.6. The highest BCUT2D eigenvalue weighted by atomic mass is 32.1. The Labute approximate surface area is 246 Å². The average Bonchev–Trinajstić information content (AvgIpc) is 3.74. The zero-order chi connectivity index (χ0) is 28.5. The Morgan fingerprint density at radius 1 is 0.976 bits per heavy atom. The van der Waals surface area contributed by atoms with E-state index in [2.05, 4.69) is 32.0 Å². The molecule has 2 N–H and O–H groups in total. The van der Waals surface area contributed by atoms with E-state index in [-0.39, 0.29) is 24.3 Å². The van der Waals surface area contributed by atoms with Crippen LogP contribution in [0.25, 0.3) is 41.0 Å². The van der Waals surface area contributed by atoms with E-state index in [1.54, 1.807) is 22.7 Å². The number of carboxylic acid groups (broad SMARTS) is 1. The van der Waals surface area contributed by atoms with E-state index in [1.807, 2.05) is 68.4 Å². The maximum absolute atomic E-state index is 12.7. The number of aryl methyl sites for hydroxylation is 1. The Hall–Kier alpha value is -4.39. The van der Waals surface area contributed by atoms with Crippen LogP contribution in [-0.4, -0.2) is 31.7 Å². The SMILES string of the molecule is Cc1nsc(-c2cc3sc(-c4ccc(-c5nnc(CC(=O)O)o5)cc4)cc3s2)c1NC(=O)O[C@H](C)c1ccccc1. The fourth-order valence-corrected chi connectivity index (χ4v) is 7.55. The van der Waals surface area contributed by atoms with Crippen LogP contribution in [0.2, 0.25) is 0 Å². The lowest BCUT2D eigenvalue weighted by atomic mass is 10.1. The van der Waals surface area contributed by atoms with Crippen LogP contribution in [0, 0.1) is 6.92 Å². The van der Waals surface area contributed by atoms with Gasteiger partial charge in [-0.1, -0.05) is 42.5 Å². The monoisotopic (exact) mass is 602 g/mol. The number of carboxylic acids is 1. The molecule has 12 heteroatoms. The number of fused-ring (bicyclic) bond motifs is 1. The summed E-state index contributed by atoms with van der Waals surface area (Å²) in [4.78, 5) is 26.6. The van der Waals surface area contributed by atoms with E-state index in [0.29, 0.717) is 5.69 Å². The van der Waals surface area contributed by atoms with Crippen molar-refractivity contribution in [2.75, 3.05) is 5.32 Å². The standard InChI is InChI=1S/C29H22N4O5S3/c1-15-26(30-29(36)37-16(2)17-6-4-3-5-7-17)27(41-33-15)23-13-22-21(40-23)12-20(39-22)18-8-10-19(11-9-18)28-32-31-24(38-28)14-25(34)35/h3-13,16H,14H2,1-2H3,(H,30,36)(H,34,35)/t16-/m1/s1. The highest BCUT2D eigenvalue weighted by Crippen LogP contribution is 2.45. The molecule has 6 aromatic rings. The molecular formula is C29H22N4O5S3. The topological polar surface area (TPSA) is 127 Å². The predicted octanol–water partition coefficient (Wildman–Crippen LogP) is 8.05. The van der Waals surface area contributed by atoms with E-state index >= 15 is 0 Å². The van der Waals surface area contributed by atoms with Crippen molar-refractivity contribution in [3.05, 3.63) is 83.9 Å². The van der Waals surface area contributed by atoms with Crippen molar-refractivity contribution in [2.24, 2.45) is 0 Å². The van der Waals surface area contributed by atoms with Gasteiger partial charge in [0.25, 0.3) is 0 Å². The molecule has 1 amide bonds. The van der Waals surface area contributed by atoms with Crippen LogP contribution in [0.1, 0.15) is 30.2 Å². The Bertz CT molecular complexity index is 1820. The van der Waals surface area contributed by atoms with E-state index in [4.69, 9.17) is 14.3 Å². The highest BCUT2D eigenvalue weighted by molar-refractivity contribution is 7.32. The summed E-state index contributed by atoms with van der Waals surface area (Å²) in [6.45, 7) is 3.71. The Kier molecular flexibility index (Phi) is 7.35. The summed E-state index contributed by atoms with van der Waals surface area (Å²) in [5, 5.41) is 19.5. The van der Waals surface area contributed by atoms with Gasteiger partial charge in [0.05, 0.1) is 21.1 Å². The maximum Gasteiger partial charge on any atom is 0.412 e. The maximum atomic E-state index is 12.7. The first-order valence-corrected chi connectivity index (χ1v) is 14.9. The van der Waals surface area contributed by atoms with Crippen molar-refractivity contribution in [1.29, 1.82) is 0 Å². The largest absolute Gasteiger partial charge is 0.481 e. The summed E-state index contributed by atoms with van der Waals surface area (Å²) in [6.07, 6.45) is -1.21. The van der Waals surface area contributed by atoms with Gasteiger partial charge in [-0.15, -0.1) is 32.9 Å². The molecule has 0 spiro atoms. The zero-order valence-corrected chi connectivity index (χ0v) is 24.2. The number of ether oxygens (including phenoxy) is 1. The lowest BCUT2D eigenvalue weighted by Gasteiger charge is -2.14. The first-order chi connectivity index (χ1) is 19.8. The second kappa shape index (κ2) is 11.2. The number of rotatable bonds is 8. The van der Waals surface area contributed by atoms with Crippen molar-refractivity contribution < 1.29 is 23.8 Å². The minimum absolute atomic E-state index is 0.0685. The van der Waals surface area contributed by atoms with Gasteiger partial charge < -0.3 is 14.3 Å². The predicted molar refractivity (Wildman–Crippen MR) is 161 cm³/mol. The highest BCUT2D eigenvalue weighted by Gasteiger charge is 2.20. The molecule has 1 atom stereocenters. The summed E-state index contributed by atoms with van der Waals surface area (Å²) in [7, 11) is 0. The van der Waals surface area contributed by atoms with Gasteiger partial charge in [-0.05, 0) is 60.8 Å². The molecule has 206 valence electrons. The van der Waals surface area contributed by atoms with Crippen molar-refractivity contribution in [2.45, 2.75) is 26.4 Å². The second-order valence-electron chi connectivity index (χ2n) is 9.15.